The molecule has 0 saturated carbocycles. The fraction of sp³-hybridized carbons (Fsp3) is 0.190. The maximum Gasteiger partial charge on any atom is 0.419 e. The molecule has 2 aromatic carbocycles. The van der Waals surface area contributed by atoms with Crippen LogP contribution < -0.4 is 11.1 Å². The minimum atomic E-state index is -0.404. The molecular formula is C21H20N4O3. The van der Waals surface area contributed by atoms with E-state index < -0.39 is 5.76 Å². The number of pyridine rings is 1. The van der Waals surface area contributed by atoms with Crippen LogP contribution in [0, 0.1) is 0 Å². The largest absolute Gasteiger partial charge is 0.419 e. The molecule has 0 aliphatic carbocycles. The van der Waals surface area contributed by atoms with Crippen LogP contribution in [-0.2, 0) is 6.54 Å². The lowest BCUT2D eigenvalue weighted by Crippen LogP contribution is -2.23. The van der Waals surface area contributed by atoms with Crippen LogP contribution in [0.5, 0.6) is 0 Å². The van der Waals surface area contributed by atoms with Crippen LogP contribution in [0.25, 0.3) is 21.9 Å². The first-order chi connectivity index (χ1) is 13.5. The molecule has 0 radical (unpaired) electrons. The Kier molecular flexibility index (Phi) is 4.67. The van der Waals surface area contributed by atoms with E-state index in [4.69, 9.17) is 4.42 Å². The van der Waals surface area contributed by atoms with Crippen LogP contribution in [0.2, 0.25) is 0 Å². The normalized spacial score (nSPS) is 11.4. The molecule has 0 bridgehead atoms. The van der Waals surface area contributed by atoms with E-state index in [2.05, 4.69) is 10.3 Å². The summed E-state index contributed by atoms with van der Waals surface area (Å²) < 4.78 is 6.87. The van der Waals surface area contributed by atoms with Crippen molar-refractivity contribution in [2.75, 3.05) is 26.0 Å². The Hall–Kier alpha value is -3.45. The highest BCUT2D eigenvalue weighted by atomic mass is 16.4. The molecule has 0 saturated heterocycles. The minimum absolute atomic E-state index is 0.255. The van der Waals surface area contributed by atoms with Crippen molar-refractivity contribution in [1.82, 2.24) is 14.5 Å². The van der Waals surface area contributed by atoms with Crippen molar-refractivity contribution < 1.29 is 9.21 Å². The Morgan fingerprint density at radius 2 is 2.00 bits per heavy atom. The number of likely N-dealkylation sites (N-methyl/N-ethyl adjacent to an activating group) is 1. The molecule has 7 nitrogen and oxygen atoms in total. The molecule has 4 rings (SSSR count). The standard InChI is InChI=1S/C21H20N4O3/c1-24(2)9-10-25-18-11-15(7-8-19(18)28-21(25)27)23-20(26)17-13-22-12-14-5-3-4-6-16(14)17/h3-8,11-13H,9-10H2,1-2H3,(H,23,26). The number of hydrogen-bond acceptors (Lipinski definition) is 5. The van der Waals surface area contributed by atoms with E-state index in [1.54, 1.807) is 35.2 Å². The molecule has 0 aliphatic heterocycles. The molecule has 0 aliphatic rings. The first-order valence-electron chi connectivity index (χ1n) is 8.95. The van der Waals surface area contributed by atoms with Gasteiger partial charge in [0.1, 0.15) is 0 Å². The van der Waals surface area contributed by atoms with Crippen LogP contribution in [0.3, 0.4) is 0 Å². The zero-order chi connectivity index (χ0) is 19.7. The summed E-state index contributed by atoms with van der Waals surface area (Å²) in [5.74, 6) is -0.659. The topological polar surface area (TPSA) is 80.4 Å². The van der Waals surface area contributed by atoms with E-state index in [9.17, 15) is 9.59 Å². The van der Waals surface area contributed by atoms with Gasteiger partial charge in [-0.1, -0.05) is 24.3 Å². The van der Waals surface area contributed by atoms with Crippen molar-refractivity contribution in [2.45, 2.75) is 6.54 Å². The quantitative estimate of drug-likeness (QED) is 0.579. The molecule has 0 atom stereocenters. The van der Waals surface area contributed by atoms with Gasteiger partial charge < -0.3 is 14.6 Å². The highest BCUT2D eigenvalue weighted by Crippen LogP contribution is 2.21. The minimum Gasteiger partial charge on any atom is -0.408 e. The predicted octanol–water partition coefficient (Wildman–Crippen LogP) is 2.96. The third-order valence-corrected chi connectivity index (χ3v) is 4.61. The first kappa shape index (κ1) is 17.9. The van der Waals surface area contributed by atoms with E-state index in [-0.39, 0.29) is 5.91 Å². The third-order valence-electron chi connectivity index (χ3n) is 4.61. The molecule has 7 heteroatoms. The highest BCUT2D eigenvalue weighted by molar-refractivity contribution is 6.12. The molecule has 2 heterocycles. The van der Waals surface area contributed by atoms with Gasteiger partial charge in [-0.15, -0.1) is 0 Å². The van der Waals surface area contributed by atoms with Gasteiger partial charge in [-0.25, -0.2) is 4.79 Å². The Morgan fingerprint density at radius 3 is 2.82 bits per heavy atom. The molecule has 0 fully saturated rings. The lowest BCUT2D eigenvalue weighted by molar-refractivity contribution is 0.102. The van der Waals surface area contributed by atoms with E-state index in [0.717, 1.165) is 10.8 Å². The van der Waals surface area contributed by atoms with Crippen molar-refractivity contribution in [3.63, 3.8) is 0 Å². The zero-order valence-corrected chi connectivity index (χ0v) is 15.7. The summed E-state index contributed by atoms with van der Waals surface area (Å²) in [5, 5.41) is 4.63. The molecular weight excluding hydrogens is 356 g/mol. The van der Waals surface area contributed by atoms with Gasteiger partial charge in [0, 0.05) is 36.6 Å². The number of benzene rings is 2. The van der Waals surface area contributed by atoms with Gasteiger partial charge in [-0.3, -0.25) is 14.3 Å². The number of aromatic nitrogens is 2. The van der Waals surface area contributed by atoms with Crippen molar-refractivity contribution >= 4 is 33.5 Å². The fourth-order valence-corrected chi connectivity index (χ4v) is 3.15. The van der Waals surface area contributed by atoms with Gasteiger partial charge in [0.2, 0.25) is 0 Å². The average Bonchev–Trinajstić information content (AvgIpc) is 3.00. The van der Waals surface area contributed by atoms with Gasteiger partial charge in [-0.05, 0) is 37.7 Å². The number of nitrogens with one attached hydrogen (secondary N) is 1. The number of carbonyl (C=O) groups is 1. The van der Waals surface area contributed by atoms with Crippen LogP contribution in [0.1, 0.15) is 10.4 Å². The predicted molar refractivity (Wildman–Crippen MR) is 109 cm³/mol. The number of fused-ring (bicyclic) bond motifs is 2. The maximum absolute atomic E-state index is 12.8. The fourth-order valence-electron chi connectivity index (χ4n) is 3.15. The van der Waals surface area contributed by atoms with Gasteiger partial charge in [0.15, 0.2) is 5.58 Å². The number of nitrogens with zero attached hydrogens (tertiary/aromatic N) is 3. The second kappa shape index (κ2) is 7.28. The average molecular weight is 376 g/mol. The van der Waals surface area contributed by atoms with Crippen LogP contribution >= 0.6 is 0 Å². The second-order valence-corrected chi connectivity index (χ2v) is 6.87. The first-order valence-corrected chi connectivity index (χ1v) is 8.95. The third kappa shape index (κ3) is 3.39. The maximum atomic E-state index is 12.8. The summed E-state index contributed by atoms with van der Waals surface area (Å²) in [5.41, 5.74) is 2.23. The van der Waals surface area contributed by atoms with Gasteiger partial charge in [-0.2, -0.15) is 0 Å². The lowest BCUT2D eigenvalue weighted by atomic mass is 10.1. The van der Waals surface area contributed by atoms with Crippen molar-refractivity contribution in [1.29, 1.82) is 0 Å². The summed E-state index contributed by atoms with van der Waals surface area (Å²) in [6.07, 6.45) is 3.29. The smallest absolute Gasteiger partial charge is 0.408 e. The van der Waals surface area contributed by atoms with E-state index >= 15 is 0 Å². The molecule has 1 N–H and O–H groups in total. The van der Waals surface area contributed by atoms with Crippen LogP contribution in [-0.4, -0.2) is 41.0 Å². The monoisotopic (exact) mass is 376 g/mol. The molecule has 28 heavy (non-hydrogen) atoms. The van der Waals surface area contributed by atoms with Gasteiger partial charge in [0.25, 0.3) is 5.91 Å². The lowest BCUT2D eigenvalue weighted by Gasteiger charge is -2.10. The SMILES string of the molecule is CN(C)CCn1c(=O)oc2ccc(NC(=O)c3cncc4ccccc34)cc21. The molecule has 2 aromatic heterocycles. The van der Waals surface area contributed by atoms with Crippen LogP contribution in [0.15, 0.2) is 64.1 Å². The van der Waals surface area contributed by atoms with Gasteiger partial charge >= 0.3 is 5.76 Å². The number of oxazole rings is 1. The Labute approximate surface area is 161 Å². The van der Waals surface area contributed by atoms with Crippen molar-refractivity contribution in [3.8, 4) is 0 Å². The molecule has 4 aromatic rings. The number of amides is 1. The Balaban J connectivity index is 1.66. The molecule has 1 amide bonds. The van der Waals surface area contributed by atoms with Crippen molar-refractivity contribution in [3.05, 3.63) is 71.0 Å². The van der Waals surface area contributed by atoms with E-state index in [1.165, 1.54) is 0 Å². The van der Waals surface area contributed by atoms with Gasteiger partial charge in [0.05, 0.1) is 11.1 Å². The number of carbonyl (C=O) groups excluding carboxylic acids is 1. The number of anilines is 1. The Bertz CT molecular complexity index is 1220. The summed E-state index contributed by atoms with van der Waals surface area (Å²) in [6.45, 7) is 1.20. The second-order valence-electron chi connectivity index (χ2n) is 6.87. The summed E-state index contributed by atoms with van der Waals surface area (Å²) in [4.78, 5) is 31.1. The Morgan fingerprint density at radius 1 is 1.18 bits per heavy atom. The number of rotatable bonds is 5. The molecule has 0 spiro atoms. The molecule has 0 unspecified atom stereocenters. The van der Waals surface area contributed by atoms with E-state index in [1.807, 2.05) is 43.3 Å². The summed E-state index contributed by atoms with van der Waals surface area (Å²) in [6, 6.07) is 12.8. The summed E-state index contributed by atoms with van der Waals surface area (Å²) >= 11 is 0. The zero-order valence-electron chi connectivity index (χ0n) is 15.7. The van der Waals surface area contributed by atoms with E-state index in [0.29, 0.717) is 35.4 Å². The van der Waals surface area contributed by atoms with Crippen LogP contribution in [0.4, 0.5) is 5.69 Å². The highest BCUT2D eigenvalue weighted by Gasteiger charge is 2.14. The summed E-state index contributed by atoms with van der Waals surface area (Å²) in [7, 11) is 3.88. The molecule has 142 valence electrons. The number of hydrogen-bond donors (Lipinski definition) is 1. The van der Waals surface area contributed by atoms with Crippen molar-refractivity contribution in [2.24, 2.45) is 0 Å².